The second-order valence-corrected chi connectivity index (χ2v) is 8.77. The van der Waals surface area contributed by atoms with Gasteiger partial charge in [0.15, 0.2) is 0 Å². The number of piperidine rings is 1. The van der Waals surface area contributed by atoms with Gasteiger partial charge in [-0.25, -0.2) is 9.97 Å². The molecule has 4 aromatic heterocycles. The van der Waals surface area contributed by atoms with Crippen molar-refractivity contribution in [2.24, 2.45) is 5.92 Å². The van der Waals surface area contributed by atoms with Crippen molar-refractivity contribution >= 4 is 29.0 Å². The van der Waals surface area contributed by atoms with Crippen molar-refractivity contribution in [2.45, 2.75) is 25.8 Å². The fourth-order valence-electron chi connectivity index (χ4n) is 4.55. The Hall–Kier alpha value is -4.05. The number of nitrogens with zero attached hydrogens (tertiary/aromatic N) is 5. The molecule has 1 amide bonds. The van der Waals surface area contributed by atoms with Gasteiger partial charge in [0.05, 0.1) is 25.1 Å². The Morgan fingerprint density at radius 2 is 2.03 bits per heavy atom. The SMILES string of the molecule is COC(=O)C1CCCN(Cc2ccc3nc(CC(=O)Nc4cc(=O)n5ccccc5n4)cn3c2)C1. The number of likely N-dealkylation sites (tertiary alicyclic amines) is 1. The van der Waals surface area contributed by atoms with Gasteiger partial charge in [-0.15, -0.1) is 0 Å². The number of rotatable bonds is 6. The molecular formula is C25H26N6O4. The van der Waals surface area contributed by atoms with Crippen LogP contribution in [0.5, 0.6) is 0 Å². The minimum atomic E-state index is -0.303. The third-order valence-electron chi connectivity index (χ3n) is 6.19. The molecule has 0 aromatic carbocycles. The predicted octanol–water partition coefficient (Wildman–Crippen LogP) is 1.91. The van der Waals surface area contributed by atoms with E-state index >= 15 is 0 Å². The molecule has 1 N–H and O–H groups in total. The molecule has 1 atom stereocenters. The number of carbonyl (C=O) groups is 2. The average molecular weight is 475 g/mol. The van der Waals surface area contributed by atoms with Crippen LogP contribution < -0.4 is 10.9 Å². The van der Waals surface area contributed by atoms with Crippen LogP contribution in [0.1, 0.15) is 24.1 Å². The van der Waals surface area contributed by atoms with Crippen molar-refractivity contribution in [3.8, 4) is 0 Å². The lowest BCUT2D eigenvalue weighted by Crippen LogP contribution is -2.38. The number of nitrogens with one attached hydrogen (secondary N) is 1. The maximum Gasteiger partial charge on any atom is 0.309 e. The van der Waals surface area contributed by atoms with Gasteiger partial charge in [0, 0.05) is 37.7 Å². The zero-order chi connectivity index (χ0) is 24.4. The molecule has 10 nitrogen and oxygen atoms in total. The van der Waals surface area contributed by atoms with Crippen molar-refractivity contribution < 1.29 is 14.3 Å². The van der Waals surface area contributed by atoms with Gasteiger partial charge in [-0.05, 0) is 43.1 Å². The summed E-state index contributed by atoms with van der Waals surface area (Å²) in [4.78, 5) is 47.8. The summed E-state index contributed by atoms with van der Waals surface area (Å²) in [6.07, 6.45) is 7.33. The Morgan fingerprint density at radius 1 is 1.14 bits per heavy atom. The number of fused-ring (bicyclic) bond motifs is 2. The number of amides is 1. The molecular weight excluding hydrogens is 448 g/mol. The topological polar surface area (TPSA) is 110 Å². The van der Waals surface area contributed by atoms with E-state index in [2.05, 4.69) is 20.2 Å². The molecule has 1 aliphatic rings. The van der Waals surface area contributed by atoms with Crippen LogP contribution in [0.2, 0.25) is 0 Å². The van der Waals surface area contributed by atoms with Crippen LogP contribution in [0.3, 0.4) is 0 Å². The lowest BCUT2D eigenvalue weighted by atomic mass is 9.98. The summed E-state index contributed by atoms with van der Waals surface area (Å²) in [5.41, 5.74) is 2.64. The quantitative estimate of drug-likeness (QED) is 0.425. The van der Waals surface area contributed by atoms with E-state index in [0.717, 1.165) is 37.1 Å². The fourth-order valence-corrected chi connectivity index (χ4v) is 4.55. The van der Waals surface area contributed by atoms with Crippen LogP contribution in [0.15, 0.2) is 59.8 Å². The smallest absolute Gasteiger partial charge is 0.309 e. The van der Waals surface area contributed by atoms with Crippen molar-refractivity contribution in [2.75, 3.05) is 25.5 Å². The van der Waals surface area contributed by atoms with E-state index in [4.69, 9.17) is 4.74 Å². The lowest BCUT2D eigenvalue weighted by Gasteiger charge is -2.31. The van der Waals surface area contributed by atoms with Crippen LogP contribution >= 0.6 is 0 Å². The van der Waals surface area contributed by atoms with Crippen molar-refractivity contribution in [1.29, 1.82) is 0 Å². The van der Waals surface area contributed by atoms with Crippen molar-refractivity contribution in [3.63, 3.8) is 0 Å². The summed E-state index contributed by atoms with van der Waals surface area (Å²) in [5, 5.41) is 2.69. The molecule has 1 aliphatic heterocycles. The maximum absolute atomic E-state index is 12.6. The highest BCUT2D eigenvalue weighted by atomic mass is 16.5. The number of hydrogen-bond acceptors (Lipinski definition) is 7. The monoisotopic (exact) mass is 474 g/mol. The molecule has 180 valence electrons. The minimum Gasteiger partial charge on any atom is -0.469 e. The Morgan fingerprint density at radius 3 is 2.89 bits per heavy atom. The van der Waals surface area contributed by atoms with E-state index < -0.39 is 0 Å². The van der Waals surface area contributed by atoms with Gasteiger partial charge in [-0.2, -0.15) is 0 Å². The van der Waals surface area contributed by atoms with Gasteiger partial charge < -0.3 is 14.5 Å². The molecule has 0 bridgehead atoms. The molecule has 5 heterocycles. The zero-order valence-corrected chi connectivity index (χ0v) is 19.4. The molecule has 0 spiro atoms. The van der Waals surface area contributed by atoms with E-state index in [9.17, 15) is 14.4 Å². The molecule has 0 radical (unpaired) electrons. The first-order valence-corrected chi connectivity index (χ1v) is 11.5. The van der Waals surface area contributed by atoms with Crippen molar-refractivity contribution in [1.82, 2.24) is 23.7 Å². The van der Waals surface area contributed by atoms with Crippen LogP contribution in [-0.4, -0.2) is 55.7 Å². The normalized spacial score (nSPS) is 16.4. The van der Waals surface area contributed by atoms with Gasteiger partial charge in [0.25, 0.3) is 5.56 Å². The van der Waals surface area contributed by atoms with E-state index in [-0.39, 0.29) is 35.6 Å². The highest BCUT2D eigenvalue weighted by Gasteiger charge is 2.26. The second-order valence-electron chi connectivity index (χ2n) is 8.77. The number of ether oxygens (including phenoxy) is 1. The second kappa shape index (κ2) is 9.67. The van der Waals surface area contributed by atoms with E-state index in [0.29, 0.717) is 17.9 Å². The maximum atomic E-state index is 12.6. The molecule has 0 aliphatic carbocycles. The van der Waals surface area contributed by atoms with Gasteiger partial charge in [-0.1, -0.05) is 12.1 Å². The van der Waals surface area contributed by atoms with Crippen LogP contribution in [0.4, 0.5) is 5.82 Å². The number of imidazole rings is 1. The highest BCUT2D eigenvalue weighted by molar-refractivity contribution is 5.91. The van der Waals surface area contributed by atoms with Gasteiger partial charge in [-0.3, -0.25) is 23.7 Å². The van der Waals surface area contributed by atoms with E-state index in [1.807, 2.05) is 28.9 Å². The van der Waals surface area contributed by atoms with E-state index in [1.54, 1.807) is 24.4 Å². The molecule has 1 unspecified atom stereocenters. The van der Waals surface area contributed by atoms with Crippen LogP contribution in [0.25, 0.3) is 11.3 Å². The number of pyridine rings is 2. The minimum absolute atomic E-state index is 0.0553. The molecule has 10 heteroatoms. The summed E-state index contributed by atoms with van der Waals surface area (Å²) in [6, 6.07) is 10.5. The Bertz CT molecular complexity index is 1460. The molecule has 0 saturated carbocycles. The summed E-state index contributed by atoms with van der Waals surface area (Å²) in [7, 11) is 1.44. The Balaban J connectivity index is 1.25. The fraction of sp³-hybridized carbons (Fsp3) is 0.320. The number of hydrogen-bond donors (Lipinski definition) is 1. The summed E-state index contributed by atoms with van der Waals surface area (Å²) in [5.74, 6) is -0.317. The Kier molecular flexibility index (Phi) is 6.28. The largest absolute Gasteiger partial charge is 0.469 e. The van der Waals surface area contributed by atoms with Crippen molar-refractivity contribution in [3.05, 3.63) is 76.6 Å². The highest BCUT2D eigenvalue weighted by Crippen LogP contribution is 2.20. The first kappa shape index (κ1) is 22.7. The molecule has 4 aromatic rings. The number of methoxy groups -OCH3 is 1. The molecule has 5 rings (SSSR count). The number of esters is 1. The predicted molar refractivity (Wildman–Crippen MR) is 129 cm³/mol. The van der Waals surface area contributed by atoms with E-state index in [1.165, 1.54) is 17.6 Å². The Labute approximate surface area is 201 Å². The summed E-state index contributed by atoms with van der Waals surface area (Å²) in [6.45, 7) is 2.35. The first-order chi connectivity index (χ1) is 17.0. The summed E-state index contributed by atoms with van der Waals surface area (Å²) >= 11 is 0. The summed E-state index contributed by atoms with van der Waals surface area (Å²) < 4.78 is 8.23. The van der Waals surface area contributed by atoms with Crippen LogP contribution in [-0.2, 0) is 27.3 Å². The first-order valence-electron chi connectivity index (χ1n) is 11.5. The molecule has 1 fully saturated rings. The van der Waals surface area contributed by atoms with Gasteiger partial charge in [0.2, 0.25) is 5.91 Å². The number of carbonyl (C=O) groups excluding carboxylic acids is 2. The van der Waals surface area contributed by atoms with Gasteiger partial charge >= 0.3 is 5.97 Å². The lowest BCUT2D eigenvalue weighted by molar-refractivity contribution is -0.147. The van der Waals surface area contributed by atoms with Gasteiger partial charge in [0.1, 0.15) is 17.1 Å². The third kappa shape index (κ3) is 5.07. The van der Waals surface area contributed by atoms with Crippen LogP contribution in [0, 0.1) is 5.92 Å². The number of anilines is 1. The standard InChI is InChI=1S/C25H26N6O4/c1-35-25(34)18-5-4-9-29(15-18)13-17-7-8-21-26-19(16-30(21)14-17)11-23(32)28-20-12-24(33)31-10-3-2-6-22(31)27-20/h2-3,6-8,10,12,14,16,18H,4-5,9,11,13,15H2,1H3,(H,28,32). The average Bonchev–Trinajstić information content (AvgIpc) is 3.25. The number of aromatic nitrogens is 4. The molecule has 1 saturated heterocycles. The molecule has 35 heavy (non-hydrogen) atoms. The zero-order valence-electron chi connectivity index (χ0n) is 19.4. The third-order valence-corrected chi connectivity index (χ3v) is 6.19.